The van der Waals surface area contributed by atoms with Crippen LogP contribution in [-0.4, -0.2) is 47.1 Å². The van der Waals surface area contributed by atoms with Crippen LogP contribution in [0.5, 0.6) is 0 Å². The van der Waals surface area contributed by atoms with E-state index in [1.165, 1.54) is 0 Å². The van der Waals surface area contributed by atoms with E-state index in [0.717, 1.165) is 0 Å². The van der Waals surface area contributed by atoms with E-state index in [2.05, 4.69) is 10.0 Å². The molecule has 0 bridgehead atoms. The maximum absolute atomic E-state index is 11.7. The van der Waals surface area contributed by atoms with E-state index < -0.39 is 12.0 Å². The van der Waals surface area contributed by atoms with Gasteiger partial charge in [-0.05, 0) is 18.4 Å². The summed E-state index contributed by atoms with van der Waals surface area (Å²) in [4.78, 5) is 26.4. The van der Waals surface area contributed by atoms with Crippen LogP contribution in [0, 0.1) is 0 Å². The molecular weight excluding hydrogens is 226 g/mol. The van der Waals surface area contributed by atoms with E-state index >= 15 is 0 Å². The van der Waals surface area contributed by atoms with E-state index in [1.807, 2.05) is 0 Å². The fraction of sp³-hybridized carbons (Fsp3) is 0.778. The van der Waals surface area contributed by atoms with Gasteiger partial charge in [0.05, 0.1) is 6.04 Å². The Morgan fingerprint density at radius 2 is 2.35 bits per heavy atom. The Hall–Kier alpha value is -1.79. The topological polar surface area (TPSA) is 132 Å². The van der Waals surface area contributed by atoms with Gasteiger partial charge in [-0.2, -0.15) is 0 Å². The van der Waals surface area contributed by atoms with Gasteiger partial charge in [0.2, 0.25) is 5.91 Å². The van der Waals surface area contributed by atoms with Crippen LogP contribution in [0.1, 0.15) is 19.3 Å². The first kappa shape index (κ1) is 13.3. The number of aliphatic carboxylic acids is 1. The average Bonchev–Trinajstić information content (AvgIpc) is 2.74. The quantitative estimate of drug-likeness (QED) is 0.401. The summed E-state index contributed by atoms with van der Waals surface area (Å²) >= 11 is 0. The van der Waals surface area contributed by atoms with E-state index in [9.17, 15) is 9.59 Å². The highest BCUT2D eigenvalue weighted by Gasteiger charge is 2.25. The summed E-state index contributed by atoms with van der Waals surface area (Å²) in [5.41, 5.74) is 13.6. The van der Waals surface area contributed by atoms with E-state index in [1.54, 1.807) is 4.90 Å². The number of likely N-dealkylation sites (tertiary alicyclic amines) is 1. The number of nitrogens with two attached hydrogens (primary N) is 1. The Bertz CT molecular complexity index is 353. The van der Waals surface area contributed by atoms with Crippen LogP contribution in [0.3, 0.4) is 0 Å². The lowest BCUT2D eigenvalue weighted by atomic mass is 10.1. The number of carboxylic acid groups (broad SMARTS) is 1. The van der Waals surface area contributed by atoms with Gasteiger partial charge in [0.15, 0.2) is 0 Å². The van der Waals surface area contributed by atoms with Crippen molar-refractivity contribution in [3.63, 3.8) is 0 Å². The Morgan fingerprint density at radius 1 is 1.65 bits per heavy atom. The molecule has 1 rings (SSSR count). The Balaban J connectivity index is 2.34. The molecule has 0 saturated carbocycles. The molecule has 0 aromatic rings. The van der Waals surface area contributed by atoms with Crippen molar-refractivity contribution >= 4 is 11.9 Å². The number of nitrogens with zero attached hydrogens (tertiary/aromatic N) is 4. The second-order valence-corrected chi connectivity index (χ2v) is 3.97. The molecule has 8 heteroatoms. The summed E-state index contributed by atoms with van der Waals surface area (Å²) in [5, 5.41) is 12.1. The molecular formula is C9H15N5O3. The third kappa shape index (κ3) is 3.93. The Labute approximate surface area is 98.0 Å². The standard InChI is InChI=1S/C9H15N5O3/c10-7(9(16)17)1-2-8(15)14-4-3-6(5-14)12-13-11/h6-7H,1-5,10H2,(H,16,17)/t6?,7-/m0/s1. The molecule has 1 amide bonds. The lowest BCUT2D eigenvalue weighted by Crippen LogP contribution is -2.34. The van der Waals surface area contributed by atoms with Crippen LogP contribution in [0.4, 0.5) is 0 Å². The Morgan fingerprint density at radius 3 is 2.94 bits per heavy atom. The van der Waals surface area contributed by atoms with Gasteiger partial charge in [0.1, 0.15) is 6.04 Å². The van der Waals surface area contributed by atoms with Crippen molar-refractivity contribution in [3.8, 4) is 0 Å². The maximum Gasteiger partial charge on any atom is 0.320 e. The van der Waals surface area contributed by atoms with E-state index in [-0.39, 0.29) is 24.8 Å². The van der Waals surface area contributed by atoms with Crippen molar-refractivity contribution < 1.29 is 14.7 Å². The molecule has 94 valence electrons. The van der Waals surface area contributed by atoms with Gasteiger partial charge in [0, 0.05) is 24.4 Å². The smallest absolute Gasteiger partial charge is 0.320 e. The van der Waals surface area contributed by atoms with Gasteiger partial charge in [-0.1, -0.05) is 5.11 Å². The van der Waals surface area contributed by atoms with Gasteiger partial charge < -0.3 is 15.7 Å². The second kappa shape index (κ2) is 6.07. The van der Waals surface area contributed by atoms with Crippen molar-refractivity contribution in [1.29, 1.82) is 0 Å². The molecule has 1 saturated heterocycles. The molecule has 0 aromatic carbocycles. The summed E-state index contributed by atoms with van der Waals surface area (Å²) in [6.45, 7) is 0.954. The summed E-state index contributed by atoms with van der Waals surface area (Å²) in [6, 6.07) is -1.17. The second-order valence-electron chi connectivity index (χ2n) is 3.97. The highest BCUT2D eigenvalue weighted by Crippen LogP contribution is 2.14. The highest BCUT2D eigenvalue weighted by molar-refractivity contribution is 5.78. The molecule has 1 unspecified atom stereocenters. The van der Waals surface area contributed by atoms with Crippen LogP contribution >= 0.6 is 0 Å². The lowest BCUT2D eigenvalue weighted by Gasteiger charge is -2.16. The lowest BCUT2D eigenvalue weighted by molar-refractivity contribution is -0.139. The predicted molar refractivity (Wildman–Crippen MR) is 59.0 cm³/mol. The van der Waals surface area contributed by atoms with Crippen molar-refractivity contribution in [2.75, 3.05) is 13.1 Å². The average molecular weight is 241 g/mol. The van der Waals surface area contributed by atoms with Gasteiger partial charge in [-0.25, -0.2) is 0 Å². The zero-order chi connectivity index (χ0) is 12.8. The number of carboxylic acids is 1. The van der Waals surface area contributed by atoms with Crippen LogP contribution in [0.25, 0.3) is 10.4 Å². The van der Waals surface area contributed by atoms with E-state index in [0.29, 0.717) is 19.5 Å². The third-order valence-corrected chi connectivity index (χ3v) is 2.72. The zero-order valence-corrected chi connectivity index (χ0v) is 9.32. The normalized spacial score (nSPS) is 20.8. The third-order valence-electron chi connectivity index (χ3n) is 2.72. The monoisotopic (exact) mass is 241 g/mol. The van der Waals surface area contributed by atoms with Crippen molar-refractivity contribution in [2.45, 2.75) is 31.3 Å². The van der Waals surface area contributed by atoms with Gasteiger partial charge in [-0.3, -0.25) is 9.59 Å². The van der Waals surface area contributed by atoms with Gasteiger partial charge in [-0.15, -0.1) is 0 Å². The molecule has 1 aliphatic heterocycles. The van der Waals surface area contributed by atoms with Crippen LogP contribution in [-0.2, 0) is 9.59 Å². The minimum absolute atomic E-state index is 0.108. The molecule has 17 heavy (non-hydrogen) atoms. The number of carbonyl (C=O) groups is 2. The number of azide groups is 1. The molecule has 0 radical (unpaired) electrons. The first-order valence-corrected chi connectivity index (χ1v) is 5.35. The molecule has 0 aromatic heterocycles. The molecule has 3 N–H and O–H groups in total. The SMILES string of the molecule is [N-]=[N+]=NC1CCN(C(=O)CC[C@H](N)C(=O)O)C1. The summed E-state index contributed by atoms with van der Waals surface area (Å²) in [7, 11) is 0. The largest absolute Gasteiger partial charge is 0.480 e. The van der Waals surface area contributed by atoms with Crippen LogP contribution < -0.4 is 5.73 Å². The molecule has 1 aliphatic rings. The van der Waals surface area contributed by atoms with Crippen molar-refractivity contribution in [1.82, 2.24) is 4.90 Å². The number of rotatable bonds is 5. The van der Waals surface area contributed by atoms with Crippen LogP contribution in [0.15, 0.2) is 5.11 Å². The molecule has 1 fully saturated rings. The number of hydrogen-bond donors (Lipinski definition) is 2. The van der Waals surface area contributed by atoms with Gasteiger partial charge in [0.25, 0.3) is 0 Å². The maximum atomic E-state index is 11.7. The number of hydrogen-bond acceptors (Lipinski definition) is 4. The van der Waals surface area contributed by atoms with Crippen LogP contribution in [0.2, 0.25) is 0 Å². The zero-order valence-electron chi connectivity index (χ0n) is 9.32. The van der Waals surface area contributed by atoms with Crippen molar-refractivity contribution in [3.05, 3.63) is 10.4 Å². The summed E-state index contributed by atoms with van der Waals surface area (Å²) in [5.74, 6) is -1.25. The van der Waals surface area contributed by atoms with Gasteiger partial charge >= 0.3 is 5.97 Å². The fourth-order valence-corrected chi connectivity index (χ4v) is 1.70. The molecule has 0 aliphatic carbocycles. The molecule has 8 nitrogen and oxygen atoms in total. The summed E-state index contributed by atoms with van der Waals surface area (Å²) < 4.78 is 0. The Kier molecular flexibility index (Phi) is 4.74. The molecule has 0 spiro atoms. The highest BCUT2D eigenvalue weighted by atomic mass is 16.4. The molecule has 2 atom stereocenters. The first-order valence-electron chi connectivity index (χ1n) is 5.35. The summed E-state index contributed by atoms with van der Waals surface area (Å²) in [6.07, 6.45) is 0.883. The molecule has 1 heterocycles. The number of carbonyl (C=O) groups excluding carboxylic acids is 1. The predicted octanol–water partition coefficient (Wildman–Crippen LogP) is 0.0897. The first-order chi connectivity index (χ1) is 8.04. The minimum atomic E-state index is -1.11. The van der Waals surface area contributed by atoms with Crippen molar-refractivity contribution in [2.24, 2.45) is 10.8 Å². The minimum Gasteiger partial charge on any atom is -0.480 e. The van der Waals surface area contributed by atoms with E-state index in [4.69, 9.17) is 16.4 Å². The fourth-order valence-electron chi connectivity index (χ4n) is 1.70. The number of amides is 1.